The van der Waals surface area contributed by atoms with Gasteiger partial charge in [-0.15, -0.1) is 0 Å². The molecule has 0 radical (unpaired) electrons. The van der Waals surface area contributed by atoms with E-state index in [9.17, 15) is 9.59 Å². The van der Waals surface area contributed by atoms with Crippen molar-refractivity contribution in [2.75, 3.05) is 13.6 Å². The van der Waals surface area contributed by atoms with Crippen LogP contribution < -0.4 is 5.32 Å². The SMILES string of the molecule is CN(CC(=O)NCc1ccco1)C(=O)Cc1ccc2c(c1)CCC2. The molecular weight excluding hydrogens is 304 g/mol. The summed E-state index contributed by atoms with van der Waals surface area (Å²) in [6.45, 7) is 0.378. The zero-order valence-electron chi connectivity index (χ0n) is 13.9. The Morgan fingerprint density at radius 1 is 1.21 bits per heavy atom. The lowest BCUT2D eigenvalue weighted by molar-refractivity contribution is -0.134. The summed E-state index contributed by atoms with van der Waals surface area (Å²) >= 11 is 0. The second kappa shape index (κ2) is 7.34. The maximum absolute atomic E-state index is 12.3. The lowest BCUT2D eigenvalue weighted by Crippen LogP contribution is -2.38. The van der Waals surface area contributed by atoms with Gasteiger partial charge in [-0.05, 0) is 48.1 Å². The van der Waals surface area contributed by atoms with E-state index in [4.69, 9.17) is 4.42 Å². The van der Waals surface area contributed by atoms with Gasteiger partial charge in [-0.25, -0.2) is 0 Å². The molecule has 1 N–H and O–H groups in total. The zero-order chi connectivity index (χ0) is 16.9. The van der Waals surface area contributed by atoms with E-state index in [1.54, 1.807) is 25.4 Å². The van der Waals surface area contributed by atoms with Crippen LogP contribution in [0.15, 0.2) is 41.0 Å². The Morgan fingerprint density at radius 2 is 2.04 bits per heavy atom. The number of nitrogens with one attached hydrogen (secondary N) is 1. The van der Waals surface area contributed by atoms with Crippen LogP contribution in [0.5, 0.6) is 0 Å². The van der Waals surface area contributed by atoms with Crippen LogP contribution >= 0.6 is 0 Å². The normalized spacial score (nSPS) is 12.7. The van der Waals surface area contributed by atoms with Crippen molar-refractivity contribution in [1.29, 1.82) is 0 Å². The molecule has 5 nitrogen and oxygen atoms in total. The van der Waals surface area contributed by atoms with Crippen LogP contribution in [0, 0.1) is 0 Å². The predicted octanol–water partition coefficient (Wildman–Crippen LogP) is 2.09. The minimum atomic E-state index is -0.198. The molecule has 3 rings (SSSR count). The van der Waals surface area contributed by atoms with Gasteiger partial charge in [0, 0.05) is 7.05 Å². The van der Waals surface area contributed by atoms with E-state index >= 15 is 0 Å². The molecule has 0 saturated carbocycles. The van der Waals surface area contributed by atoms with Crippen molar-refractivity contribution in [3.63, 3.8) is 0 Å². The number of aryl methyl sites for hydroxylation is 2. The second-order valence-corrected chi connectivity index (χ2v) is 6.24. The van der Waals surface area contributed by atoms with Crippen molar-refractivity contribution in [1.82, 2.24) is 10.2 Å². The zero-order valence-corrected chi connectivity index (χ0v) is 13.9. The Bertz CT molecular complexity index is 722. The van der Waals surface area contributed by atoms with Crippen molar-refractivity contribution in [2.24, 2.45) is 0 Å². The van der Waals surface area contributed by atoms with Gasteiger partial charge in [0.25, 0.3) is 0 Å². The average molecular weight is 326 g/mol. The van der Waals surface area contributed by atoms with Crippen LogP contribution in [0.1, 0.15) is 28.9 Å². The highest BCUT2D eigenvalue weighted by Crippen LogP contribution is 2.23. The molecule has 0 bridgehead atoms. The molecule has 24 heavy (non-hydrogen) atoms. The molecule has 0 fully saturated rings. The lowest BCUT2D eigenvalue weighted by Gasteiger charge is -2.17. The first-order valence-corrected chi connectivity index (χ1v) is 8.25. The van der Waals surface area contributed by atoms with Gasteiger partial charge in [0.1, 0.15) is 5.76 Å². The molecule has 0 unspecified atom stereocenters. The molecular formula is C19H22N2O3. The van der Waals surface area contributed by atoms with Crippen LogP contribution in [0.2, 0.25) is 0 Å². The summed E-state index contributed by atoms with van der Waals surface area (Å²) in [5.74, 6) is 0.438. The quantitative estimate of drug-likeness (QED) is 0.884. The number of carbonyl (C=O) groups excluding carboxylic acids is 2. The Balaban J connectivity index is 1.48. The van der Waals surface area contributed by atoms with Crippen molar-refractivity contribution in [2.45, 2.75) is 32.2 Å². The highest BCUT2D eigenvalue weighted by molar-refractivity contribution is 5.85. The first-order valence-electron chi connectivity index (χ1n) is 8.25. The number of carbonyl (C=O) groups is 2. The van der Waals surface area contributed by atoms with Gasteiger partial charge in [-0.3, -0.25) is 9.59 Å². The Kier molecular flexibility index (Phi) is 4.99. The minimum Gasteiger partial charge on any atom is -0.467 e. The summed E-state index contributed by atoms with van der Waals surface area (Å²) < 4.78 is 5.16. The largest absolute Gasteiger partial charge is 0.467 e. The van der Waals surface area contributed by atoms with Crippen molar-refractivity contribution in [3.8, 4) is 0 Å². The van der Waals surface area contributed by atoms with Crippen molar-refractivity contribution in [3.05, 3.63) is 59.0 Å². The van der Waals surface area contributed by atoms with Gasteiger partial charge in [0.15, 0.2) is 0 Å². The van der Waals surface area contributed by atoms with Gasteiger partial charge in [-0.2, -0.15) is 0 Å². The molecule has 1 aliphatic carbocycles. The number of furan rings is 1. The molecule has 0 saturated heterocycles. The minimum absolute atomic E-state index is 0.0461. The molecule has 0 aliphatic heterocycles. The highest BCUT2D eigenvalue weighted by atomic mass is 16.3. The number of benzene rings is 1. The summed E-state index contributed by atoms with van der Waals surface area (Å²) in [5, 5.41) is 2.74. The monoisotopic (exact) mass is 326 g/mol. The summed E-state index contributed by atoms with van der Waals surface area (Å²) in [6.07, 6.45) is 5.33. The van der Waals surface area contributed by atoms with Crippen LogP contribution in [-0.4, -0.2) is 30.3 Å². The van der Waals surface area contributed by atoms with E-state index in [-0.39, 0.29) is 18.4 Å². The summed E-state index contributed by atoms with van der Waals surface area (Å²) in [4.78, 5) is 25.7. The molecule has 0 atom stereocenters. The maximum Gasteiger partial charge on any atom is 0.239 e. The van der Waals surface area contributed by atoms with E-state index in [0.29, 0.717) is 18.7 Å². The maximum atomic E-state index is 12.3. The molecule has 1 aliphatic rings. The lowest BCUT2D eigenvalue weighted by atomic mass is 10.0. The Morgan fingerprint density at radius 3 is 2.83 bits per heavy atom. The van der Waals surface area contributed by atoms with Crippen molar-refractivity contribution >= 4 is 11.8 Å². The predicted molar refractivity (Wildman–Crippen MR) is 90.4 cm³/mol. The highest BCUT2D eigenvalue weighted by Gasteiger charge is 2.16. The van der Waals surface area contributed by atoms with E-state index < -0.39 is 0 Å². The number of hydrogen-bond donors (Lipinski definition) is 1. The number of fused-ring (bicyclic) bond motifs is 1. The Hall–Kier alpha value is -2.56. The summed E-state index contributed by atoms with van der Waals surface area (Å²) in [5.41, 5.74) is 3.78. The van der Waals surface area contributed by atoms with E-state index in [0.717, 1.165) is 18.4 Å². The molecule has 2 amide bonds. The van der Waals surface area contributed by atoms with Crippen molar-refractivity contribution < 1.29 is 14.0 Å². The molecule has 2 aromatic rings. The van der Waals surface area contributed by atoms with Gasteiger partial charge in [0.05, 0.1) is 25.8 Å². The third-order valence-corrected chi connectivity index (χ3v) is 4.36. The number of likely N-dealkylation sites (N-methyl/N-ethyl adjacent to an activating group) is 1. The van der Waals surface area contributed by atoms with Gasteiger partial charge in [0.2, 0.25) is 11.8 Å². The van der Waals surface area contributed by atoms with Gasteiger partial charge < -0.3 is 14.6 Å². The molecule has 126 valence electrons. The molecule has 1 aromatic carbocycles. The van der Waals surface area contributed by atoms with E-state index in [1.807, 2.05) is 6.07 Å². The molecule has 5 heteroatoms. The average Bonchev–Trinajstić information content (AvgIpc) is 3.23. The number of nitrogens with zero attached hydrogens (tertiary/aromatic N) is 1. The van der Waals surface area contributed by atoms with E-state index in [1.165, 1.54) is 22.4 Å². The fourth-order valence-corrected chi connectivity index (χ4v) is 3.00. The van der Waals surface area contributed by atoms with Gasteiger partial charge in [-0.1, -0.05) is 18.2 Å². The third-order valence-electron chi connectivity index (χ3n) is 4.36. The number of amides is 2. The second-order valence-electron chi connectivity index (χ2n) is 6.24. The standard InChI is InChI=1S/C19H22N2O3/c1-21(13-18(22)20-12-17-6-3-9-24-17)19(23)11-14-7-8-15-4-2-5-16(15)10-14/h3,6-10H,2,4-5,11-13H2,1H3,(H,20,22). The van der Waals surface area contributed by atoms with Crippen LogP contribution in [0.25, 0.3) is 0 Å². The summed E-state index contributed by atoms with van der Waals surface area (Å²) in [7, 11) is 1.65. The fourth-order valence-electron chi connectivity index (χ4n) is 3.00. The third kappa shape index (κ3) is 4.04. The van der Waals surface area contributed by atoms with Crippen LogP contribution in [-0.2, 0) is 35.4 Å². The van der Waals surface area contributed by atoms with Gasteiger partial charge >= 0.3 is 0 Å². The summed E-state index contributed by atoms with van der Waals surface area (Å²) in [6, 6.07) is 9.84. The molecule has 1 heterocycles. The smallest absolute Gasteiger partial charge is 0.239 e. The van der Waals surface area contributed by atoms with Crippen LogP contribution in [0.4, 0.5) is 0 Å². The topological polar surface area (TPSA) is 62.6 Å². The number of hydrogen-bond acceptors (Lipinski definition) is 3. The van der Waals surface area contributed by atoms with E-state index in [2.05, 4.69) is 17.4 Å². The first-order chi connectivity index (χ1) is 11.6. The first kappa shape index (κ1) is 16.3. The fraction of sp³-hybridized carbons (Fsp3) is 0.368. The Labute approximate surface area is 141 Å². The number of rotatable bonds is 6. The molecule has 0 spiro atoms. The van der Waals surface area contributed by atoms with Crippen LogP contribution in [0.3, 0.4) is 0 Å². The molecule has 1 aromatic heterocycles.